The number of thiophene rings is 1. The number of ether oxygens (including phenoxy) is 1. The van der Waals surface area contributed by atoms with Gasteiger partial charge in [0.15, 0.2) is 12.4 Å². The number of hydrogen-bond acceptors (Lipinski definition) is 5. The molecule has 0 aliphatic rings. The molecule has 1 heterocycles. The van der Waals surface area contributed by atoms with E-state index in [0.717, 1.165) is 4.88 Å². The van der Waals surface area contributed by atoms with Gasteiger partial charge in [-0.05, 0) is 32.9 Å². The molecule has 0 aromatic carbocycles. The summed E-state index contributed by atoms with van der Waals surface area (Å²) >= 11 is 1.41. The van der Waals surface area contributed by atoms with E-state index in [9.17, 15) is 14.4 Å². The topological polar surface area (TPSA) is 63.7 Å². The summed E-state index contributed by atoms with van der Waals surface area (Å²) in [5, 5.41) is 0. The van der Waals surface area contributed by atoms with Gasteiger partial charge in [-0.2, -0.15) is 0 Å². The number of nitrogens with zero attached hydrogens (tertiary/aromatic N) is 1. The molecule has 0 fully saturated rings. The Morgan fingerprint density at radius 2 is 1.90 bits per heavy atom. The quantitative estimate of drug-likeness (QED) is 0.573. The van der Waals surface area contributed by atoms with Crippen molar-refractivity contribution in [2.75, 3.05) is 13.7 Å². The molecule has 0 atom stereocenters. The van der Waals surface area contributed by atoms with Crippen LogP contribution >= 0.6 is 11.3 Å². The highest BCUT2D eigenvalue weighted by molar-refractivity contribution is 7.14. The van der Waals surface area contributed by atoms with E-state index < -0.39 is 5.97 Å². The van der Waals surface area contributed by atoms with E-state index in [-0.39, 0.29) is 37.2 Å². The molecular weight excluding hydrogens is 290 g/mol. The van der Waals surface area contributed by atoms with E-state index in [4.69, 9.17) is 4.74 Å². The smallest absolute Gasteiger partial charge is 0.306 e. The number of aryl methyl sites for hydroxylation is 1. The normalized spacial score (nSPS) is 10.5. The zero-order chi connectivity index (χ0) is 16.0. The Morgan fingerprint density at radius 3 is 2.43 bits per heavy atom. The van der Waals surface area contributed by atoms with Crippen LogP contribution in [0.15, 0.2) is 12.1 Å². The van der Waals surface area contributed by atoms with Crippen molar-refractivity contribution in [3.05, 3.63) is 21.9 Å². The average molecular weight is 311 g/mol. The van der Waals surface area contributed by atoms with Crippen LogP contribution in [0.2, 0.25) is 0 Å². The molecular formula is C15H21NO4S. The molecule has 1 aromatic heterocycles. The van der Waals surface area contributed by atoms with Crippen LogP contribution in [0.1, 0.15) is 41.2 Å². The zero-order valence-electron chi connectivity index (χ0n) is 12.8. The lowest BCUT2D eigenvalue weighted by molar-refractivity contribution is -0.152. The van der Waals surface area contributed by atoms with Crippen LogP contribution in [0.25, 0.3) is 0 Å². The first-order valence-corrected chi connectivity index (χ1v) is 7.63. The minimum atomic E-state index is -0.526. The summed E-state index contributed by atoms with van der Waals surface area (Å²) in [4.78, 5) is 38.2. The number of carbonyl (C=O) groups excluding carboxylic acids is 3. The number of carbonyl (C=O) groups is 3. The summed E-state index contributed by atoms with van der Waals surface area (Å²) in [6.07, 6.45) is 0.0987. The number of amides is 1. The van der Waals surface area contributed by atoms with Crippen molar-refractivity contribution < 1.29 is 19.1 Å². The van der Waals surface area contributed by atoms with Crippen LogP contribution in [-0.2, 0) is 14.3 Å². The number of Topliss-reactive ketones (excluding diaryl/α,β-unsaturated/α-hetero) is 1. The van der Waals surface area contributed by atoms with Gasteiger partial charge < -0.3 is 9.64 Å². The SMILES string of the molecule is Cc1ccc(C(=O)CCC(=O)OCC(=O)N(C)C(C)C)s1. The fourth-order valence-electron chi connectivity index (χ4n) is 1.53. The Balaban J connectivity index is 2.31. The summed E-state index contributed by atoms with van der Waals surface area (Å²) in [7, 11) is 1.66. The van der Waals surface area contributed by atoms with Gasteiger partial charge >= 0.3 is 5.97 Å². The van der Waals surface area contributed by atoms with Crippen LogP contribution in [0, 0.1) is 6.92 Å². The van der Waals surface area contributed by atoms with E-state index in [1.165, 1.54) is 16.2 Å². The fraction of sp³-hybridized carbons (Fsp3) is 0.533. The molecule has 21 heavy (non-hydrogen) atoms. The van der Waals surface area contributed by atoms with Crippen LogP contribution in [0.3, 0.4) is 0 Å². The van der Waals surface area contributed by atoms with Gasteiger partial charge in [-0.25, -0.2) is 0 Å². The highest BCUT2D eigenvalue weighted by Crippen LogP contribution is 2.17. The monoisotopic (exact) mass is 311 g/mol. The van der Waals surface area contributed by atoms with Crippen LogP contribution in [0.5, 0.6) is 0 Å². The lowest BCUT2D eigenvalue weighted by Crippen LogP contribution is -2.36. The van der Waals surface area contributed by atoms with Gasteiger partial charge in [0, 0.05) is 24.4 Å². The molecule has 6 heteroatoms. The van der Waals surface area contributed by atoms with Crippen LogP contribution < -0.4 is 0 Å². The average Bonchev–Trinajstić information content (AvgIpc) is 2.87. The minimum absolute atomic E-state index is 0.00550. The van der Waals surface area contributed by atoms with Gasteiger partial charge in [0.25, 0.3) is 5.91 Å². The summed E-state index contributed by atoms with van der Waals surface area (Å²) in [6.45, 7) is 5.40. The van der Waals surface area contributed by atoms with Gasteiger partial charge in [-0.3, -0.25) is 14.4 Å². The summed E-state index contributed by atoms with van der Waals surface area (Å²) < 4.78 is 4.89. The second-order valence-electron chi connectivity index (χ2n) is 5.09. The van der Waals surface area contributed by atoms with Crippen molar-refractivity contribution in [1.82, 2.24) is 4.90 Å². The summed E-state index contributed by atoms with van der Waals surface area (Å²) in [5.41, 5.74) is 0. The number of rotatable bonds is 7. The summed E-state index contributed by atoms with van der Waals surface area (Å²) in [5.74, 6) is -0.851. The number of likely N-dealkylation sites (N-methyl/N-ethyl adjacent to an activating group) is 1. The third kappa shape index (κ3) is 5.67. The van der Waals surface area contributed by atoms with E-state index >= 15 is 0 Å². The number of esters is 1. The van der Waals surface area contributed by atoms with E-state index in [2.05, 4.69) is 0 Å². The molecule has 1 aromatic rings. The maximum atomic E-state index is 11.8. The first-order valence-electron chi connectivity index (χ1n) is 6.82. The largest absolute Gasteiger partial charge is 0.456 e. The molecule has 0 aliphatic carbocycles. The summed E-state index contributed by atoms with van der Waals surface area (Å²) in [6, 6.07) is 3.69. The molecule has 1 amide bonds. The lowest BCUT2D eigenvalue weighted by Gasteiger charge is -2.20. The Labute approximate surface area is 128 Å². The standard InChI is InChI=1S/C15H21NO4S/c1-10(2)16(4)14(18)9-20-15(19)8-6-12(17)13-7-5-11(3)21-13/h5,7,10H,6,8-9H2,1-4H3. The van der Waals surface area contributed by atoms with Crippen molar-refractivity contribution in [2.45, 2.75) is 39.7 Å². The molecule has 0 spiro atoms. The lowest BCUT2D eigenvalue weighted by atomic mass is 10.2. The molecule has 5 nitrogen and oxygen atoms in total. The van der Waals surface area contributed by atoms with Gasteiger partial charge in [-0.15, -0.1) is 11.3 Å². The van der Waals surface area contributed by atoms with Crippen LogP contribution in [0.4, 0.5) is 0 Å². The molecule has 0 N–H and O–H groups in total. The van der Waals surface area contributed by atoms with Gasteiger partial charge in [0.2, 0.25) is 0 Å². The van der Waals surface area contributed by atoms with Crippen molar-refractivity contribution in [2.24, 2.45) is 0 Å². The predicted molar refractivity (Wildman–Crippen MR) is 81.5 cm³/mol. The van der Waals surface area contributed by atoms with Crippen molar-refractivity contribution in [3.8, 4) is 0 Å². The first kappa shape index (κ1) is 17.4. The Kier molecular flexibility index (Phi) is 6.55. The fourth-order valence-corrected chi connectivity index (χ4v) is 2.36. The molecule has 116 valence electrons. The van der Waals surface area contributed by atoms with E-state index in [0.29, 0.717) is 4.88 Å². The highest BCUT2D eigenvalue weighted by atomic mass is 32.1. The third-order valence-electron chi connectivity index (χ3n) is 3.10. The molecule has 0 bridgehead atoms. The zero-order valence-corrected chi connectivity index (χ0v) is 13.7. The third-order valence-corrected chi connectivity index (χ3v) is 4.14. The molecule has 0 aliphatic heterocycles. The van der Waals surface area contributed by atoms with Crippen molar-refractivity contribution >= 4 is 29.0 Å². The Hall–Kier alpha value is -1.69. The molecule has 0 saturated heterocycles. The molecule has 0 saturated carbocycles. The van der Waals surface area contributed by atoms with Crippen molar-refractivity contribution in [1.29, 1.82) is 0 Å². The van der Waals surface area contributed by atoms with Gasteiger partial charge in [0.1, 0.15) is 0 Å². The number of hydrogen-bond donors (Lipinski definition) is 0. The first-order chi connectivity index (χ1) is 9.81. The maximum absolute atomic E-state index is 11.8. The van der Waals surface area contributed by atoms with Crippen molar-refractivity contribution in [3.63, 3.8) is 0 Å². The molecule has 0 radical (unpaired) electrons. The van der Waals surface area contributed by atoms with Gasteiger partial charge in [0.05, 0.1) is 11.3 Å². The van der Waals surface area contributed by atoms with E-state index in [1.54, 1.807) is 13.1 Å². The van der Waals surface area contributed by atoms with E-state index in [1.807, 2.05) is 26.8 Å². The molecule has 0 unspecified atom stereocenters. The predicted octanol–water partition coefficient (Wildman–Crippen LogP) is 2.43. The highest BCUT2D eigenvalue weighted by Gasteiger charge is 2.16. The Morgan fingerprint density at radius 1 is 1.24 bits per heavy atom. The second kappa shape index (κ2) is 7.93. The molecule has 1 rings (SSSR count). The minimum Gasteiger partial charge on any atom is -0.456 e. The second-order valence-corrected chi connectivity index (χ2v) is 6.38. The van der Waals surface area contributed by atoms with Gasteiger partial charge in [-0.1, -0.05) is 0 Å². The maximum Gasteiger partial charge on any atom is 0.306 e. The number of ketones is 1. The van der Waals surface area contributed by atoms with Crippen LogP contribution in [-0.4, -0.2) is 42.3 Å². The Bertz CT molecular complexity index is 521.